The van der Waals surface area contributed by atoms with Gasteiger partial charge in [0.1, 0.15) is 12.5 Å². The summed E-state index contributed by atoms with van der Waals surface area (Å²) in [7, 11) is -3.45. The fraction of sp³-hybridized carbons (Fsp3) is 0.600. The van der Waals surface area contributed by atoms with Crippen LogP contribution in [0.25, 0.3) is 0 Å². The minimum absolute atomic E-state index is 0.159. The minimum atomic E-state index is -3.45. The molecule has 0 saturated carbocycles. The molecule has 0 bridgehead atoms. The van der Waals surface area contributed by atoms with Crippen molar-refractivity contribution in [3.05, 3.63) is 29.3 Å². The summed E-state index contributed by atoms with van der Waals surface area (Å²) in [5.41, 5.74) is 1.97. The number of aliphatic hydroxyl groups is 2. The van der Waals surface area contributed by atoms with E-state index in [-0.39, 0.29) is 31.3 Å². The highest BCUT2D eigenvalue weighted by Crippen LogP contribution is 2.43. The lowest BCUT2D eigenvalue weighted by molar-refractivity contribution is -0.154. The number of hydrogen-bond donors (Lipinski definition) is 3. The number of imide groups is 1. The molecule has 4 rings (SSSR count). The summed E-state index contributed by atoms with van der Waals surface area (Å²) in [6, 6.07) is 4.66. The van der Waals surface area contributed by atoms with Gasteiger partial charge in [0.25, 0.3) is 10.1 Å². The van der Waals surface area contributed by atoms with Crippen molar-refractivity contribution in [1.29, 1.82) is 0 Å². The predicted octanol–water partition coefficient (Wildman–Crippen LogP) is -0.0182. The lowest BCUT2D eigenvalue weighted by Gasteiger charge is -2.34. The van der Waals surface area contributed by atoms with E-state index in [0.29, 0.717) is 24.2 Å². The molecule has 3 unspecified atom stereocenters. The summed E-state index contributed by atoms with van der Waals surface area (Å²) >= 11 is 0. The summed E-state index contributed by atoms with van der Waals surface area (Å²) in [5, 5.41) is 23.9. The Morgan fingerprint density at radius 2 is 1.77 bits per heavy atom. The molecule has 2 amide bonds. The first-order valence-electron chi connectivity index (χ1n) is 10.3. The molecule has 31 heavy (non-hydrogen) atoms. The standard InChI is InChI=1S/C20H27N3O7S/c1-31(28,29)30-11-12-6-8-22(9-7-12)13-2-3-14-15(10-13)20(27)23(19(14)26)16-4-5-17(24)21-18(16)25/h2-3,10,12,16,19-20,26-27H,4-9,11H2,1H3,(H,21,24,25). The van der Waals surface area contributed by atoms with Crippen LogP contribution in [0.3, 0.4) is 0 Å². The highest BCUT2D eigenvalue weighted by Gasteiger charge is 2.45. The van der Waals surface area contributed by atoms with Crippen LogP contribution in [0, 0.1) is 5.92 Å². The highest BCUT2D eigenvalue weighted by molar-refractivity contribution is 7.85. The quantitative estimate of drug-likeness (QED) is 0.415. The number of rotatable bonds is 5. The fourth-order valence-electron chi connectivity index (χ4n) is 4.56. The highest BCUT2D eigenvalue weighted by atomic mass is 32.2. The van der Waals surface area contributed by atoms with E-state index in [1.807, 2.05) is 12.1 Å². The third kappa shape index (κ3) is 4.60. The molecule has 0 spiro atoms. The van der Waals surface area contributed by atoms with E-state index in [4.69, 9.17) is 4.18 Å². The smallest absolute Gasteiger partial charge is 0.264 e. The zero-order valence-electron chi connectivity index (χ0n) is 17.2. The van der Waals surface area contributed by atoms with Crippen molar-refractivity contribution in [3.63, 3.8) is 0 Å². The van der Waals surface area contributed by atoms with Gasteiger partial charge in [-0.15, -0.1) is 0 Å². The molecule has 0 aromatic heterocycles. The van der Waals surface area contributed by atoms with Gasteiger partial charge in [0.15, 0.2) is 0 Å². The second-order valence-corrected chi connectivity index (χ2v) is 10.0. The number of aliphatic hydroxyl groups excluding tert-OH is 2. The van der Waals surface area contributed by atoms with Crippen molar-refractivity contribution in [3.8, 4) is 0 Å². The Balaban J connectivity index is 1.44. The number of carbonyl (C=O) groups is 2. The van der Waals surface area contributed by atoms with Gasteiger partial charge < -0.3 is 15.1 Å². The first-order chi connectivity index (χ1) is 14.6. The molecule has 1 aromatic carbocycles. The van der Waals surface area contributed by atoms with Gasteiger partial charge in [-0.05, 0) is 37.3 Å². The van der Waals surface area contributed by atoms with Crippen molar-refractivity contribution in [2.24, 2.45) is 5.92 Å². The van der Waals surface area contributed by atoms with Gasteiger partial charge in [-0.25, -0.2) is 4.90 Å². The average Bonchev–Trinajstić information content (AvgIpc) is 2.96. The Morgan fingerprint density at radius 1 is 1.10 bits per heavy atom. The summed E-state index contributed by atoms with van der Waals surface area (Å²) in [4.78, 5) is 27.2. The van der Waals surface area contributed by atoms with Gasteiger partial charge in [0.2, 0.25) is 11.8 Å². The second kappa shape index (κ2) is 8.47. The maximum atomic E-state index is 12.2. The Bertz CT molecular complexity index is 975. The molecule has 1 aromatic rings. The number of fused-ring (bicyclic) bond motifs is 1. The van der Waals surface area contributed by atoms with Crippen LogP contribution >= 0.6 is 0 Å². The lowest BCUT2D eigenvalue weighted by Crippen LogP contribution is -2.52. The number of benzene rings is 1. The van der Waals surface area contributed by atoms with E-state index < -0.39 is 34.5 Å². The van der Waals surface area contributed by atoms with Crippen LogP contribution < -0.4 is 10.2 Å². The van der Waals surface area contributed by atoms with Gasteiger partial charge >= 0.3 is 0 Å². The molecule has 2 fully saturated rings. The van der Waals surface area contributed by atoms with Gasteiger partial charge in [-0.1, -0.05) is 6.07 Å². The second-order valence-electron chi connectivity index (χ2n) is 8.39. The molecule has 3 heterocycles. The Morgan fingerprint density at radius 3 is 2.42 bits per heavy atom. The van der Waals surface area contributed by atoms with E-state index in [9.17, 15) is 28.2 Å². The maximum absolute atomic E-state index is 12.2. The SMILES string of the molecule is CS(=O)(=O)OCC1CCN(c2ccc3c(c2)C(O)N(C2CCC(=O)NC2=O)C3O)CC1. The largest absolute Gasteiger partial charge is 0.374 e. The zero-order valence-corrected chi connectivity index (χ0v) is 18.0. The molecule has 170 valence electrons. The van der Waals surface area contributed by atoms with Crippen LogP contribution in [-0.2, 0) is 23.9 Å². The third-order valence-corrected chi connectivity index (χ3v) is 6.82. The van der Waals surface area contributed by atoms with Gasteiger partial charge in [-0.3, -0.25) is 19.1 Å². The molecule has 11 heteroatoms. The monoisotopic (exact) mass is 453 g/mol. The van der Waals surface area contributed by atoms with E-state index in [1.54, 1.807) is 6.07 Å². The number of anilines is 1. The van der Waals surface area contributed by atoms with E-state index in [1.165, 1.54) is 4.90 Å². The van der Waals surface area contributed by atoms with Crippen molar-refractivity contribution in [2.75, 3.05) is 30.9 Å². The molecule has 3 N–H and O–H groups in total. The van der Waals surface area contributed by atoms with Crippen LogP contribution in [0.1, 0.15) is 49.3 Å². The van der Waals surface area contributed by atoms with Crippen molar-refractivity contribution in [1.82, 2.24) is 10.2 Å². The van der Waals surface area contributed by atoms with E-state index in [0.717, 1.165) is 24.8 Å². The van der Waals surface area contributed by atoms with Crippen molar-refractivity contribution < 1.29 is 32.4 Å². The molecule has 10 nitrogen and oxygen atoms in total. The molecular formula is C20H27N3O7S. The van der Waals surface area contributed by atoms with Gasteiger partial charge in [0, 0.05) is 36.3 Å². The normalized spacial score (nSPS) is 28.0. The summed E-state index contributed by atoms with van der Waals surface area (Å²) < 4.78 is 27.3. The van der Waals surface area contributed by atoms with Crippen LogP contribution in [0.15, 0.2) is 18.2 Å². The Labute approximate surface area is 180 Å². The summed E-state index contributed by atoms with van der Waals surface area (Å²) in [5.74, 6) is -0.703. The van der Waals surface area contributed by atoms with Crippen LogP contribution in [-0.4, -0.2) is 67.3 Å². The van der Waals surface area contributed by atoms with Crippen LogP contribution in [0.5, 0.6) is 0 Å². The van der Waals surface area contributed by atoms with E-state index >= 15 is 0 Å². The minimum Gasteiger partial charge on any atom is -0.374 e. The maximum Gasteiger partial charge on any atom is 0.264 e. The third-order valence-electron chi connectivity index (χ3n) is 6.26. The zero-order chi connectivity index (χ0) is 22.3. The van der Waals surface area contributed by atoms with Gasteiger partial charge in [0.05, 0.1) is 18.9 Å². The fourth-order valence-corrected chi connectivity index (χ4v) is 5.00. The first kappa shape index (κ1) is 22.2. The number of carbonyl (C=O) groups excluding carboxylic acids is 2. The molecule has 0 radical (unpaired) electrons. The molecular weight excluding hydrogens is 426 g/mol. The topological polar surface area (TPSA) is 136 Å². The lowest BCUT2D eigenvalue weighted by atomic mass is 9.97. The number of hydrogen-bond acceptors (Lipinski definition) is 9. The number of amides is 2. The molecule has 3 atom stereocenters. The summed E-state index contributed by atoms with van der Waals surface area (Å²) in [6.07, 6.45) is 0.705. The average molecular weight is 454 g/mol. The van der Waals surface area contributed by atoms with Crippen molar-refractivity contribution >= 4 is 27.6 Å². The van der Waals surface area contributed by atoms with Crippen LogP contribution in [0.4, 0.5) is 5.69 Å². The molecule has 3 aliphatic heterocycles. The Kier molecular flexibility index (Phi) is 6.05. The predicted molar refractivity (Wildman–Crippen MR) is 110 cm³/mol. The number of piperidine rings is 2. The number of nitrogens with zero attached hydrogens (tertiary/aromatic N) is 2. The van der Waals surface area contributed by atoms with Crippen molar-refractivity contribution in [2.45, 2.75) is 44.2 Å². The van der Waals surface area contributed by atoms with E-state index in [2.05, 4.69) is 10.2 Å². The Hall–Kier alpha value is -2.05. The number of nitrogens with one attached hydrogen (secondary N) is 1. The molecule has 3 aliphatic rings. The summed E-state index contributed by atoms with van der Waals surface area (Å²) in [6.45, 7) is 1.61. The first-order valence-corrected chi connectivity index (χ1v) is 12.2. The van der Waals surface area contributed by atoms with Crippen LogP contribution in [0.2, 0.25) is 0 Å². The molecule has 2 saturated heterocycles. The molecule has 0 aliphatic carbocycles. The van der Waals surface area contributed by atoms with Gasteiger partial charge in [-0.2, -0.15) is 8.42 Å².